The fourth-order valence-corrected chi connectivity index (χ4v) is 4.65. The van der Waals surface area contributed by atoms with E-state index in [1.54, 1.807) is 4.57 Å². The summed E-state index contributed by atoms with van der Waals surface area (Å²) in [5.41, 5.74) is 5.91. The third-order valence-electron chi connectivity index (χ3n) is 5.69. The molecule has 2 aromatic heterocycles. The van der Waals surface area contributed by atoms with E-state index in [0.29, 0.717) is 34.7 Å². The van der Waals surface area contributed by atoms with Crippen LogP contribution in [0.5, 0.6) is 0 Å². The minimum atomic E-state index is -1.26. The number of anilines is 1. The highest BCUT2D eigenvalue weighted by molar-refractivity contribution is 6.37. The second kappa shape index (κ2) is 6.65. The van der Waals surface area contributed by atoms with Gasteiger partial charge in [-0.1, -0.05) is 23.8 Å². The van der Waals surface area contributed by atoms with E-state index in [0.717, 1.165) is 19.5 Å². The van der Waals surface area contributed by atoms with Crippen molar-refractivity contribution in [2.45, 2.75) is 25.9 Å². The van der Waals surface area contributed by atoms with Gasteiger partial charge in [0.1, 0.15) is 16.4 Å². The van der Waals surface area contributed by atoms with Crippen molar-refractivity contribution in [1.82, 2.24) is 9.55 Å². The van der Waals surface area contributed by atoms with Crippen LogP contribution in [0, 0.1) is 11.8 Å². The van der Waals surface area contributed by atoms with Crippen molar-refractivity contribution in [2.24, 2.45) is 17.6 Å². The van der Waals surface area contributed by atoms with E-state index < -0.39 is 11.4 Å². The normalized spacial score (nSPS) is 24.4. The summed E-state index contributed by atoms with van der Waals surface area (Å²) < 4.78 is 1.70. The number of rotatable bonds is 3. The molecule has 27 heavy (non-hydrogen) atoms. The molecule has 1 aliphatic heterocycles. The summed E-state index contributed by atoms with van der Waals surface area (Å²) in [5, 5.41) is 9.89. The van der Waals surface area contributed by atoms with Gasteiger partial charge in [-0.2, -0.15) is 0 Å². The zero-order chi connectivity index (χ0) is 19.3. The number of hydrogen-bond donors (Lipinski definition) is 2. The maximum absolute atomic E-state index is 12.5. The molecule has 3 N–H and O–H groups in total. The van der Waals surface area contributed by atoms with Gasteiger partial charge in [0.15, 0.2) is 0 Å². The van der Waals surface area contributed by atoms with Crippen LogP contribution in [-0.2, 0) is 6.54 Å². The molecule has 0 bridgehead atoms. The molecule has 0 radical (unpaired) electrons. The van der Waals surface area contributed by atoms with Crippen LogP contribution in [0.3, 0.4) is 0 Å². The molecule has 3 heterocycles. The Morgan fingerprint density at radius 2 is 2.22 bits per heavy atom. The zero-order valence-corrected chi connectivity index (χ0v) is 15.7. The van der Waals surface area contributed by atoms with E-state index in [9.17, 15) is 14.7 Å². The standard InChI is InChI=1S/C19H21ClN4O3/c1-2-23-9-13(19(26)27)17(25)11-6-22-18(15(20)16(11)23)24-7-10-4-3-5-14(21)12(10)8-24/h3,5-6,9-10,12,14H,2,4,7-8,21H2,1H3,(H,26,27)/t10-,12+,14-/m1/s1. The number of carbonyl (C=O) groups is 1. The topological polar surface area (TPSA) is 101 Å². The van der Waals surface area contributed by atoms with Crippen molar-refractivity contribution < 1.29 is 9.90 Å². The fraction of sp³-hybridized carbons (Fsp3) is 0.421. The fourth-order valence-electron chi connectivity index (χ4n) is 4.27. The zero-order valence-electron chi connectivity index (χ0n) is 14.9. The van der Waals surface area contributed by atoms with Crippen LogP contribution in [0.25, 0.3) is 10.9 Å². The maximum atomic E-state index is 12.5. The van der Waals surface area contributed by atoms with Crippen LogP contribution >= 0.6 is 11.6 Å². The van der Waals surface area contributed by atoms with Gasteiger partial charge in [-0.05, 0) is 25.2 Å². The molecule has 2 aliphatic rings. The molecular weight excluding hydrogens is 368 g/mol. The average Bonchev–Trinajstić information content (AvgIpc) is 3.07. The van der Waals surface area contributed by atoms with E-state index in [1.807, 2.05) is 6.92 Å². The molecule has 2 aromatic rings. The minimum Gasteiger partial charge on any atom is -0.477 e. The Kier molecular flexibility index (Phi) is 4.44. The number of aryl methyl sites for hydroxylation is 1. The van der Waals surface area contributed by atoms with Crippen LogP contribution in [-0.4, -0.2) is 39.8 Å². The summed E-state index contributed by atoms with van der Waals surface area (Å²) in [6.07, 6.45) is 7.97. The second-order valence-electron chi connectivity index (χ2n) is 7.19. The number of allylic oxidation sites excluding steroid dienone is 1. The Bertz CT molecular complexity index is 1020. The highest BCUT2D eigenvalue weighted by atomic mass is 35.5. The maximum Gasteiger partial charge on any atom is 0.341 e. The summed E-state index contributed by atoms with van der Waals surface area (Å²) in [5.74, 6) is 0.178. The molecule has 1 saturated heterocycles. The third-order valence-corrected chi connectivity index (χ3v) is 6.04. The van der Waals surface area contributed by atoms with Crippen LogP contribution < -0.4 is 16.1 Å². The highest BCUT2D eigenvalue weighted by Gasteiger charge is 2.38. The number of fused-ring (bicyclic) bond motifs is 2. The molecule has 8 heteroatoms. The van der Waals surface area contributed by atoms with Gasteiger partial charge in [0, 0.05) is 38.1 Å². The Hall–Kier alpha value is -2.38. The van der Waals surface area contributed by atoms with Crippen LogP contribution in [0.1, 0.15) is 23.7 Å². The Morgan fingerprint density at radius 3 is 2.89 bits per heavy atom. The smallest absolute Gasteiger partial charge is 0.341 e. The van der Waals surface area contributed by atoms with Crippen LogP contribution in [0.2, 0.25) is 5.02 Å². The van der Waals surface area contributed by atoms with Gasteiger partial charge in [-0.25, -0.2) is 9.78 Å². The van der Waals surface area contributed by atoms with Gasteiger partial charge in [0.2, 0.25) is 5.43 Å². The number of nitrogens with two attached hydrogens (primary N) is 1. The van der Waals surface area contributed by atoms with Crippen molar-refractivity contribution in [1.29, 1.82) is 0 Å². The summed E-state index contributed by atoms with van der Waals surface area (Å²) >= 11 is 6.69. The predicted molar refractivity (Wildman–Crippen MR) is 105 cm³/mol. The minimum absolute atomic E-state index is 0.0277. The third kappa shape index (κ3) is 2.82. The second-order valence-corrected chi connectivity index (χ2v) is 7.57. The molecule has 0 amide bonds. The lowest BCUT2D eigenvalue weighted by Gasteiger charge is -2.25. The summed E-state index contributed by atoms with van der Waals surface area (Å²) in [6, 6.07) is 0.0277. The molecule has 0 spiro atoms. The van der Waals surface area contributed by atoms with Crippen molar-refractivity contribution in [2.75, 3.05) is 18.0 Å². The first-order valence-electron chi connectivity index (χ1n) is 9.04. The summed E-state index contributed by atoms with van der Waals surface area (Å²) in [7, 11) is 0. The average molecular weight is 389 g/mol. The molecular formula is C19H21ClN4O3. The van der Waals surface area contributed by atoms with Gasteiger partial charge in [-0.3, -0.25) is 4.79 Å². The van der Waals surface area contributed by atoms with Crippen molar-refractivity contribution in [3.8, 4) is 0 Å². The van der Waals surface area contributed by atoms with Crippen LogP contribution in [0.4, 0.5) is 5.82 Å². The summed E-state index contributed by atoms with van der Waals surface area (Å²) in [4.78, 5) is 30.5. The molecule has 3 atom stereocenters. The number of carboxylic acids is 1. The monoisotopic (exact) mass is 388 g/mol. The molecule has 0 unspecified atom stereocenters. The Morgan fingerprint density at radius 1 is 1.44 bits per heavy atom. The molecule has 1 fully saturated rings. The van der Waals surface area contributed by atoms with Crippen molar-refractivity contribution >= 4 is 34.3 Å². The Balaban J connectivity index is 1.83. The number of aromatic nitrogens is 2. The van der Waals surface area contributed by atoms with E-state index in [-0.39, 0.29) is 17.0 Å². The first-order chi connectivity index (χ1) is 12.9. The number of carboxylic acid groups (broad SMARTS) is 1. The lowest BCUT2D eigenvalue weighted by Crippen LogP contribution is -2.35. The Labute approximate surface area is 161 Å². The number of aromatic carboxylic acids is 1. The molecule has 0 saturated carbocycles. The first-order valence-corrected chi connectivity index (χ1v) is 9.42. The van der Waals surface area contributed by atoms with Gasteiger partial charge in [-0.15, -0.1) is 0 Å². The molecule has 7 nitrogen and oxygen atoms in total. The largest absolute Gasteiger partial charge is 0.477 e. The number of nitrogens with zero attached hydrogens (tertiary/aromatic N) is 3. The lowest BCUT2D eigenvalue weighted by molar-refractivity contribution is 0.0695. The SMILES string of the molecule is CCn1cc(C(=O)O)c(=O)c2cnc(N3C[C@H]4CC=C[C@@H](N)[C@H]4C3)c(Cl)c21. The number of hydrogen-bond acceptors (Lipinski definition) is 5. The summed E-state index contributed by atoms with van der Waals surface area (Å²) in [6.45, 7) is 3.93. The van der Waals surface area contributed by atoms with E-state index in [1.165, 1.54) is 12.4 Å². The van der Waals surface area contributed by atoms with Gasteiger partial charge >= 0.3 is 5.97 Å². The quantitative estimate of drug-likeness (QED) is 0.781. The lowest BCUT2D eigenvalue weighted by atomic mass is 9.83. The van der Waals surface area contributed by atoms with E-state index >= 15 is 0 Å². The number of pyridine rings is 2. The molecule has 0 aromatic carbocycles. The molecule has 1 aliphatic carbocycles. The van der Waals surface area contributed by atoms with Crippen LogP contribution in [0.15, 0.2) is 29.3 Å². The van der Waals surface area contributed by atoms with E-state index in [2.05, 4.69) is 22.0 Å². The van der Waals surface area contributed by atoms with Crippen molar-refractivity contribution in [3.05, 3.63) is 45.4 Å². The van der Waals surface area contributed by atoms with Crippen molar-refractivity contribution in [3.63, 3.8) is 0 Å². The first kappa shape index (κ1) is 18.0. The van der Waals surface area contributed by atoms with E-state index in [4.69, 9.17) is 17.3 Å². The predicted octanol–water partition coefficient (Wildman–Crippen LogP) is 2.11. The number of halogens is 1. The molecule has 142 valence electrons. The van der Waals surface area contributed by atoms with Gasteiger partial charge in [0.05, 0.1) is 10.9 Å². The highest BCUT2D eigenvalue weighted by Crippen LogP contribution is 2.38. The van der Waals surface area contributed by atoms with Gasteiger partial charge < -0.3 is 20.3 Å². The van der Waals surface area contributed by atoms with Gasteiger partial charge in [0.25, 0.3) is 0 Å². The molecule has 4 rings (SSSR count).